The lowest BCUT2D eigenvalue weighted by molar-refractivity contribution is -0.147. The zero-order chi connectivity index (χ0) is 66.7. The van der Waals surface area contributed by atoms with Crippen molar-refractivity contribution in [1.82, 2.24) is 36.4 Å². The summed E-state index contributed by atoms with van der Waals surface area (Å²) >= 11 is 0. The molecule has 0 bridgehead atoms. The monoisotopic (exact) mass is 1280 g/mol. The van der Waals surface area contributed by atoms with Crippen molar-refractivity contribution < 1.29 is 102 Å². The Morgan fingerprint density at radius 1 is 0.376 bits per heavy atom. The molecule has 93 heavy (non-hydrogen) atoms. The summed E-state index contributed by atoms with van der Waals surface area (Å²) in [6.07, 6.45) is -1.19. The highest BCUT2D eigenvalue weighted by Gasteiger charge is 2.40. The number of benzene rings is 6. The van der Waals surface area contributed by atoms with Gasteiger partial charge in [-0.1, -0.05) is 48.5 Å². The van der Waals surface area contributed by atoms with E-state index in [9.17, 15) is 72.5 Å². The van der Waals surface area contributed by atoms with Crippen LogP contribution in [0.1, 0.15) is 112 Å². The molecule has 0 aliphatic carbocycles. The Kier molecular flexibility index (Phi) is 23.3. The lowest BCUT2D eigenvalue weighted by Crippen LogP contribution is -2.50. The predicted octanol–water partition coefficient (Wildman–Crippen LogP) is 4.20. The number of rotatable bonds is 37. The Hall–Kier alpha value is -11.2. The van der Waals surface area contributed by atoms with Crippen molar-refractivity contribution in [2.75, 3.05) is 59.2 Å². The minimum absolute atomic E-state index is 0.00140. The van der Waals surface area contributed by atoms with Crippen LogP contribution in [-0.2, 0) is 43.2 Å². The van der Waals surface area contributed by atoms with E-state index < -0.39 is 96.1 Å². The fraction of sp³-hybridized carbons (Fsp3) is 0.338. The van der Waals surface area contributed by atoms with Crippen molar-refractivity contribution in [1.29, 1.82) is 0 Å². The molecule has 28 heteroatoms. The van der Waals surface area contributed by atoms with E-state index in [1.807, 2.05) is 24.3 Å². The maximum atomic E-state index is 14.0. The van der Waals surface area contributed by atoms with Gasteiger partial charge in [-0.2, -0.15) is 0 Å². The molecule has 0 aromatic heterocycles. The van der Waals surface area contributed by atoms with Gasteiger partial charge in [0.25, 0.3) is 23.6 Å². The first-order chi connectivity index (χ1) is 44.7. The van der Waals surface area contributed by atoms with Crippen LogP contribution in [0.4, 0.5) is 0 Å². The van der Waals surface area contributed by atoms with Gasteiger partial charge >= 0.3 is 23.9 Å². The van der Waals surface area contributed by atoms with Gasteiger partial charge in [-0.05, 0) is 74.2 Å². The summed E-state index contributed by atoms with van der Waals surface area (Å²) in [5, 5.41) is 52.1. The number of carboxylic acid groups (broad SMARTS) is 4. The molecule has 28 nitrogen and oxygen atoms in total. The quantitative estimate of drug-likeness (QED) is 0.0195. The van der Waals surface area contributed by atoms with Crippen LogP contribution >= 0.6 is 0 Å². The molecule has 9 amide bonds. The van der Waals surface area contributed by atoms with Gasteiger partial charge in [-0.25, -0.2) is 4.79 Å². The minimum atomic E-state index is -1.55. The first-order valence-electron chi connectivity index (χ1n) is 29.9. The third kappa shape index (κ3) is 17.6. The number of imide groups is 2. The number of carbonyl (C=O) groups excluding carboxylic acids is 9. The van der Waals surface area contributed by atoms with Gasteiger partial charge in [-0.15, -0.1) is 0 Å². The predicted molar refractivity (Wildman–Crippen MR) is 329 cm³/mol. The molecule has 0 saturated heterocycles. The summed E-state index contributed by atoms with van der Waals surface area (Å²) in [4.78, 5) is 166. The van der Waals surface area contributed by atoms with E-state index in [-0.39, 0.29) is 136 Å². The Morgan fingerprint density at radius 2 is 0.742 bits per heavy atom. The third-order valence-electron chi connectivity index (χ3n) is 15.0. The molecular weight excluding hydrogens is 1210 g/mol. The smallest absolute Gasteiger partial charge is 0.326 e. The normalized spacial score (nSPS) is 13.0. The second kappa shape index (κ2) is 32.0. The van der Waals surface area contributed by atoms with E-state index in [0.29, 0.717) is 47.8 Å². The van der Waals surface area contributed by atoms with Crippen LogP contribution in [0.5, 0.6) is 23.0 Å². The number of carboxylic acids is 4. The second-order valence-corrected chi connectivity index (χ2v) is 21.5. The van der Waals surface area contributed by atoms with Crippen LogP contribution in [0.15, 0.2) is 97.1 Å². The van der Waals surface area contributed by atoms with Crippen molar-refractivity contribution in [2.24, 2.45) is 0 Å². The maximum absolute atomic E-state index is 14.0. The summed E-state index contributed by atoms with van der Waals surface area (Å²) < 4.78 is 23.9. The lowest BCUT2D eigenvalue weighted by atomic mass is 9.86. The van der Waals surface area contributed by atoms with Crippen molar-refractivity contribution in [3.05, 3.63) is 119 Å². The van der Waals surface area contributed by atoms with Crippen molar-refractivity contribution in [3.63, 3.8) is 0 Å². The van der Waals surface area contributed by atoms with Gasteiger partial charge in [0.05, 0.1) is 45.7 Å². The SMILES string of the molecule is O=C(O)CCC(=O)NCCCOc1cccc2c(OCCCC(=O)N[C@@H](CC(=O)O)C(=O)NCCN3C(=O)c4ccc5c6c(ccc(c46)C3=O)C(=O)N(CCC(=O)NCCCOc3cccc4c(OCCCC(=O)N[C@@H](CC(=O)O)C(=O)O)cccc34)C5=O)cccc12. The highest BCUT2D eigenvalue weighted by molar-refractivity contribution is 6.33. The second-order valence-electron chi connectivity index (χ2n) is 21.5. The van der Waals surface area contributed by atoms with E-state index in [2.05, 4.69) is 26.6 Å². The number of amides is 9. The summed E-state index contributed by atoms with van der Waals surface area (Å²) in [7, 11) is 0. The molecule has 2 atom stereocenters. The molecule has 8 rings (SSSR count). The molecule has 6 aromatic carbocycles. The van der Waals surface area contributed by atoms with E-state index in [1.54, 1.807) is 48.5 Å². The molecule has 0 saturated carbocycles. The molecule has 2 aliphatic rings. The highest BCUT2D eigenvalue weighted by Crippen LogP contribution is 2.39. The van der Waals surface area contributed by atoms with E-state index >= 15 is 0 Å². The molecule has 6 aromatic rings. The van der Waals surface area contributed by atoms with E-state index in [0.717, 1.165) is 26.0 Å². The van der Waals surface area contributed by atoms with Gasteiger partial charge in [0.1, 0.15) is 35.1 Å². The number of hydrogen-bond acceptors (Lipinski definition) is 17. The number of hydrogen-bond donors (Lipinski definition) is 9. The fourth-order valence-corrected chi connectivity index (χ4v) is 10.5. The Labute approximate surface area is 529 Å². The lowest BCUT2D eigenvalue weighted by Gasteiger charge is -2.32. The van der Waals surface area contributed by atoms with Crippen LogP contribution in [0, 0.1) is 0 Å². The molecule has 0 radical (unpaired) electrons. The van der Waals surface area contributed by atoms with Crippen LogP contribution < -0.4 is 45.5 Å². The standard InChI is InChI=1S/C65H67N7O21/c73-51(23-24-55(77)78)66-26-7-33-92-49-15-3-9-37-39(49)11-1-13-47(37)90-31-5-17-53(75)69-45(35-56(79)80)60(83)68-28-30-72-63(86)43-21-19-41-58-42(20-22-44(59(43)58)64(72)87)62(85)71(61(41)84)29-25-52(74)67-27-8-34-93-50-16-4-10-38-40(50)12-2-14-48(38)91-32-6-18-54(76)70-46(65(88)89)36-57(81)82/h1-4,9-16,19-22,45-46H,5-8,17-18,23-36H2,(H,66,73)(H,67,74)(H,68,83)(H,69,75)(H,70,76)(H,77,78)(H,79,80)(H,81,82)(H,88,89)/t45-,46-/m0/s1. The van der Waals surface area contributed by atoms with Crippen LogP contribution in [-0.4, -0.2) is 179 Å². The van der Waals surface area contributed by atoms with Gasteiger partial charge in [0.2, 0.25) is 29.5 Å². The summed E-state index contributed by atoms with van der Waals surface area (Å²) in [5.41, 5.74) is 0.0614. The minimum Gasteiger partial charge on any atom is -0.493 e. The number of ether oxygens (including phenoxy) is 4. The Morgan fingerprint density at radius 3 is 1.13 bits per heavy atom. The zero-order valence-electron chi connectivity index (χ0n) is 50.2. The number of aliphatic carboxylic acids is 4. The third-order valence-corrected chi connectivity index (χ3v) is 15.0. The topological polar surface area (TPSA) is 406 Å². The fourth-order valence-electron chi connectivity index (χ4n) is 10.5. The van der Waals surface area contributed by atoms with E-state index in [1.165, 1.54) is 24.3 Å². The number of carbonyl (C=O) groups is 13. The molecule has 0 unspecified atom stereocenters. The molecule has 0 fully saturated rings. The first-order valence-corrected chi connectivity index (χ1v) is 29.9. The van der Waals surface area contributed by atoms with Crippen molar-refractivity contribution >= 4 is 109 Å². The van der Waals surface area contributed by atoms with Crippen LogP contribution in [0.3, 0.4) is 0 Å². The largest absolute Gasteiger partial charge is 0.493 e. The number of nitrogens with one attached hydrogen (secondary N) is 5. The first kappa shape index (κ1) is 67.7. The molecule has 2 heterocycles. The number of nitrogens with zero attached hydrogens (tertiary/aromatic N) is 2. The summed E-state index contributed by atoms with van der Waals surface area (Å²) in [6, 6.07) is 23.7. The van der Waals surface area contributed by atoms with Gasteiger partial charge in [-0.3, -0.25) is 67.3 Å². The van der Waals surface area contributed by atoms with E-state index in [4.69, 9.17) is 29.2 Å². The van der Waals surface area contributed by atoms with Gasteiger partial charge < -0.3 is 66.0 Å². The van der Waals surface area contributed by atoms with Crippen LogP contribution in [0.2, 0.25) is 0 Å². The van der Waals surface area contributed by atoms with Gasteiger partial charge in [0.15, 0.2) is 0 Å². The average molecular weight is 1280 g/mol. The van der Waals surface area contributed by atoms with Crippen molar-refractivity contribution in [3.8, 4) is 23.0 Å². The van der Waals surface area contributed by atoms with Crippen LogP contribution in [0.25, 0.3) is 32.3 Å². The average Bonchev–Trinajstić information content (AvgIpc) is 0.718. The zero-order valence-corrected chi connectivity index (χ0v) is 50.2. The van der Waals surface area contributed by atoms with Crippen molar-refractivity contribution in [2.45, 2.75) is 82.7 Å². The Balaban J connectivity index is 0.760. The Bertz CT molecular complexity index is 3860. The highest BCUT2D eigenvalue weighted by atomic mass is 16.5. The molecular formula is C65H67N7O21. The molecule has 2 aliphatic heterocycles. The molecule has 0 spiro atoms. The number of fused-ring (bicyclic) bond motifs is 2. The molecule has 9 N–H and O–H groups in total. The van der Waals surface area contributed by atoms with Gasteiger partial charge in [0, 0.05) is 113 Å². The summed E-state index contributed by atoms with van der Waals surface area (Å²) in [5.74, 6) is -9.25. The molecule has 488 valence electrons. The maximum Gasteiger partial charge on any atom is 0.326 e. The summed E-state index contributed by atoms with van der Waals surface area (Å²) in [6.45, 7) is 0.0910.